The molecule has 0 spiro atoms. The molecule has 0 saturated carbocycles. The summed E-state index contributed by atoms with van der Waals surface area (Å²) < 4.78 is 1.72. The van der Waals surface area contributed by atoms with Crippen LogP contribution in [-0.2, 0) is 0 Å². The van der Waals surface area contributed by atoms with Crippen LogP contribution in [0.15, 0.2) is 40.9 Å². The number of halogens is 3. The van der Waals surface area contributed by atoms with Crippen LogP contribution in [0, 0.1) is 3.57 Å². The van der Waals surface area contributed by atoms with Crippen LogP contribution in [0.25, 0.3) is 0 Å². The largest absolute Gasteiger partial charge is 0.397 e. The third-order valence-corrected chi connectivity index (χ3v) is 4.10. The Labute approximate surface area is 137 Å². The van der Waals surface area contributed by atoms with Crippen molar-refractivity contribution in [2.45, 2.75) is 0 Å². The fraction of sp³-hybridized carbons (Fsp3) is 0. The van der Waals surface area contributed by atoms with Gasteiger partial charge in [-0.1, -0.05) is 27.5 Å². The van der Waals surface area contributed by atoms with Gasteiger partial charge in [0.2, 0.25) is 0 Å². The van der Waals surface area contributed by atoms with E-state index in [0.29, 0.717) is 22.0 Å². The average molecular weight is 451 g/mol. The maximum atomic E-state index is 12.2. The molecule has 2 aromatic carbocycles. The molecule has 3 N–H and O–H groups in total. The van der Waals surface area contributed by atoms with Crippen molar-refractivity contribution < 1.29 is 4.79 Å². The van der Waals surface area contributed by atoms with Gasteiger partial charge in [0.25, 0.3) is 5.91 Å². The zero-order chi connectivity index (χ0) is 14.0. The number of hydrogen-bond donors (Lipinski definition) is 2. The molecule has 6 heteroatoms. The summed E-state index contributed by atoms with van der Waals surface area (Å²) >= 11 is 11.3. The molecular weight excluding hydrogens is 442 g/mol. The van der Waals surface area contributed by atoms with E-state index in [1.165, 1.54) is 0 Å². The second-order valence-electron chi connectivity index (χ2n) is 3.81. The first-order valence-corrected chi connectivity index (χ1v) is 7.54. The molecule has 98 valence electrons. The van der Waals surface area contributed by atoms with Crippen molar-refractivity contribution in [3.63, 3.8) is 0 Å². The fourth-order valence-corrected chi connectivity index (χ4v) is 2.63. The topological polar surface area (TPSA) is 55.1 Å². The Morgan fingerprint density at radius 1 is 1.26 bits per heavy atom. The summed E-state index contributed by atoms with van der Waals surface area (Å²) in [5, 5.41) is 3.31. The lowest BCUT2D eigenvalue weighted by molar-refractivity contribution is 0.102. The van der Waals surface area contributed by atoms with Gasteiger partial charge in [-0.05, 0) is 59.0 Å². The molecule has 0 unspecified atom stereocenters. The molecule has 0 atom stereocenters. The summed E-state index contributed by atoms with van der Waals surface area (Å²) in [5.74, 6) is -0.209. The second-order valence-corrected chi connectivity index (χ2v) is 6.32. The SMILES string of the molecule is Nc1cc(Cl)ccc1NC(=O)c1cc(Br)ccc1I. The van der Waals surface area contributed by atoms with Gasteiger partial charge in [0.15, 0.2) is 0 Å². The smallest absolute Gasteiger partial charge is 0.256 e. The Kier molecular flexibility index (Phi) is 4.70. The Balaban J connectivity index is 2.28. The zero-order valence-electron chi connectivity index (χ0n) is 9.58. The van der Waals surface area contributed by atoms with Crippen LogP contribution >= 0.6 is 50.1 Å². The lowest BCUT2D eigenvalue weighted by Gasteiger charge is -2.10. The molecule has 0 aliphatic carbocycles. The van der Waals surface area contributed by atoms with Gasteiger partial charge in [-0.15, -0.1) is 0 Å². The first-order chi connectivity index (χ1) is 8.97. The van der Waals surface area contributed by atoms with Gasteiger partial charge in [-0.2, -0.15) is 0 Å². The summed E-state index contributed by atoms with van der Waals surface area (Å²) in [6, 6.07) is 10.5. The number of nitrogen functional groups attached to an aromatic ring is 1. The fourth-order valence-electron chi connectivity index (χ4n) is 1.51. The summed E-state index contributed by atoms with van der Waals surface area (Å²) in [6.45, 7) is 0. The van der Waals surface area contributed by atoms with E-state index in [2.05, 4.69) is 43.8 Å². The van der Waals surface area contributed by atoms with Gasteiger partial charge in [0.1, 0.15) is 0 Å². The van der Waals surface area contributed by atoms with E-state index in [1.807, 2.05) is 12.1 Å². The van der Waals surface area contributed by atoms with Crippen LogP contribution in [0.4, 0.5) is 11.4 Å². The molecule has 0 aliphatic heterocycles. The molecule has 0 fully saturated rings. The molecule has 3 nitrogen and oxygen atoms in total. The summed E-state index contributed by atoms with van der Waals surface area (Å²) in [4.78, 5) is 12.2. The number of nitrogens with one attached hydrogen (secondary N) is 1. The molecule has 0 aromatic heterocycles. The number of carbonyl (C=O) groups excluding carboxylic acids is 1. The molecule has 0 aliphatic rings. The van der Waals surface area contributed by atoms with Gasteiger partial charge < -0.3 is 11.1 Å². The lowest BCUT2D eigenvalue weighted by atomic mass is 10.2. The minimum absolute atomic E-state index is 0.209. The van der Waals surface area contributed by atoms with Crippen molar-refractivity contribution >= 4 is 67.4 Å². The Bertz CT molecular complexity index is 649. The molecule has 19 heavy (non-hydrogen) atoms. The monoisotopic (exact) mass is 450 g/mol. The van der Waals surface area contributed by atoms with Crippen LogP contribution in [0.3, 0.4) is 0 Å². The minimum atomic E-state index is -0.209. The highest BCUT2D eigenvalue weighted by atomic mass is 127. The Morgan fingerprint density at radius 2 is 2.00 bits per heavy atom. The number of carbonyl (C=O) groups is 1. The minimum Gasteiger partial charge on any atom is -0.397 e. The van der Waals surface area contributed by atoms with E-state index in [9.17, 15) is 4.79 Å². The maximum Gasteiger partial charge on any atom is 0.256 e. The molecule has 0 radical (unpaired) electrons. The van der Waals surface area contributed by atoms with Gasteiger partial charge >= 0.3 is 0 Å². The lowest BCUT2D eigenvalue weighted by Crippen LogP contribution is -2.14. The molecule has 0 bridgehead atoms. The van der Waals surface area contributed by atoms with Crippen molar-refractivity contribution in [2.24, 2.45) is 0 Å². The quantitative estimate of drug-likeness (QED) is 0.520. The van der Waals surface area contributed by atoms with E-state index in [-0.39, 0.29) is 5.91 Å². The van der Waals surface area contributed by atoms with Crippen LogP contribution in [0.2, 0.25) is 5.02 Å². The van der Waals surface area contributed by atoms with Crippen LogP contribution in [0.1, 0.15) is 10.4 Å². The molecule has 2 rings (SSSR count). The number of anilines is 2. The van der Waals surface area contributed by atoms with Crippen LogP contribution in [0.5, 0.6) is 0 Å². The molecular formula is C13H9BrClIN2O. The second kappa shape index (κ2) is 6.11. The third kappa shape index (κ3) is 3.61. The average Bonchev–Trinajstić information content (AvgIpc) is 2.35. The van der Waals surface area contributed by atoms with E-state index >= 15 is 0 Å². The Morgan fingerprint density at radius 3 is 2.68 bits per heavy atom. The van der Waals surface area contributed by atoms with Gasteiger partial charge in [-0.3, -0.25) is 4.79 Å². The third-order valence-electron chi connectivity index (χ3n) is 2.43. The van der Waals surface area contributed by atoms with Crippen molar-refractivity contribution in [2.75, 3.05) is 11.1 Å². The van der Waals surface area contributed by atoms with Crippen LogP contribution < -0.4 is 11.1 Å². The normalized spacial score (nSPS) is 10.3. The Hall–Kier alpha value is -0.790. The van der Waals surface area contributed by atoms with Crippen molar-refractivity contribution in [3.05, 3.63) is 55.0 Å². The van der Waals surface area contributed by atoms with Crippen molar-refractivity contribution in [3.8, 4) is 0 Å². The number of benzene rings is 2. The highest BCUT2D eigenvalue weighted by Crippen LogP contribution is 2.24. The van der Waals surface area contributed by atoms with Crippen molar-refractivity contribution in [1.29, 1.82) is 0 Å². The zero-order valence-corrected chi connectivity index (χ0v) is 14.1. The predicted octanol–water partition coefficient (Wildman–Crippen LogP) is 4.54. The van der Waals surface area contributed by atoms with E-state index in [4.69, 9.17) is 17.3 Å². The van der Waals surface area contributed by atoms with E-state index in [1.54, 1.807) is 24.3 Å². The van der Waals surface area contributed by atoms with Crippen molar-refractivity contribution in [1.82, 2.24) is 0 Å². The predicted molar refractivity (Wildman–Crippen MR) is 90.7 cm³/mol. The highest BCUT2D eigenvalue weighted by molar-refractivity contribution is 14.1. The standard InChI is InChI=1S/C13H9BrClIN2O/c14-7-1-3-10(16)9(5-7)13(19)18-12-4-2-8(15)6-11(12)17/h1-6H,17H2,(H,18,19). The van der Waals surface area contributed by atoms with Gasteiger partial charge in [0.05, 0.1) is 16.9 Å². The molecule has 2 aromatic rings. The molecule has 0 heterocycles. The number of nitrogens with two attached hydrogens (primary N) is 1. The highest BCUT2D eigenvalue weighted by Gasteiger charge is 2.12. The number of hydrogen-bond acceptors (Lipinski definition) is 2. The number of rotatable bonds is 2. The van der Waals surface area contributed by atoms with E-state index < -0.39 is 0 Å². The van der Waals surface area contributed by atoms with Gasteiger partial charge in [-0.25, -0.2) is 0 Å². The van der Waals surface area contributed by atoms with Gasteiger partial charge in [0, 0.05) is 13.1 Å². The van der Waals surface area contributed by atoms with E-state index in [0.717, 1.165) is 8.04 Å². The molecule has 1 amide bonds. The summed E-state index contributed by atoms with van der Waals surface area (Å²) in [6.07, 6.45) is 0. The maximum absolute atomic E-state index is 12.2. The first-order valence-electron chi connectivity index (χ1n) is 5.29. The summed E-state index contributed by atoms with van der Waals surface area (Å²) in [5.41, 5.74) is 7.38. The van der Waals surface area contributed by atoms with Crippen LogP contribution in [-0.4, -0.2) is 5.91 Å². The number of amides is 1. The summed E-state index contributed by atoms with van der Waals surface area (Å²) in [7, 11) is 0. The first kappa shape index (κ1) is 14.6. The molecule has 0 saturated heterocycles.